The zero-order valence-corrected chi connectivity index (χ0v) is 17.5. The fraction of sp³-hybridized carbons (Fsp3) is 0.261. The third-order valence-electron chi connectivity index (χ3n) is 4.99. The van der Waals surface area contributed by atoms with Gasteiger partial charge in [0, 0.05) is 27.8 Å². The molecular weight excluding hydrogens is 375 g/mol. The van der Waals surface area contributed by atoms with E-state index in [0.717, 1.165) is 28.9 Å². The molecule has 3 rings (SSSR count). The van der Waals surface area contributed by atoms with Gasteiger partial charge < -0.3 is 4.90 Å². The van der Waals surface area contributed by atoms with Gasteiger partial charge in [0.15, 0.2) is 0 Å². The maximum Gasteiger partial charge on any atom is 0.0998 e. The van der Waals surface area contributed by atoms with Crippen LogP contribution < -0.4 is 4.90 Å². The normalized spacial score (nSPS) is 15.8. The van der Waals surface area contributed by atoms with Crippen molar-refractivity contribution in [3.8, 4) is 6.07 Å². The second kappa shape index (κ2) is 7.43. The molecular formula is C23H22Cl2N2. The molecule has 4 heteroatoms. The molecule has 138 valence electrons. The first-order chi connectivity index (χ1) is 12.8. The standard InChI is InChI=1S/C23H22Cl2N2/c1-5-27-22-12-21(25)17(11-20(22)15(2)13-23(27,3)4)10-18(14-26)16-6-8-19(24)9-7-16/h6-13H,5H2,1-4H3/b18-10+. The first kappa shape index (κ1) is 19.5. The van der Waals surface area contributed by atoms with Crippen LogP contribution in [-0.4, -0.2) is 12.1 Å². The van der Waals surface area contributed by atoms with Gasteiger partial charge in [-0.3, -0.25) is 0 Å². The number of allylic oxidation sites excluding steroid dienone is 2. The Morgan fingerprint density at radius 2 is 1.85 bits per heavy atom. The lowest BCUT2D eigenvalue weighted by molar-refractivity contribution is 0.566. The van der Waals surface area contributed by atoms with E-state index in [9.17, 15) is 5.26 Å². The van der Waals surface area contributed by atoms with Gasteiger partial charge in [0.1, 0.15) is 0 Å². The highest BCUT2D eigenvalue weighted by atomic mass is 35.5. The summed E-state index contributed by atoms with van der Waals surface area (Å²) in [4.78, 5) is 2.35. The molecule has 2 aromatic rings. The lowest BCUT2D eigenvalue weighted by Gasteiger charge is -2.43. The van der Waals surface area contributed by atoms with E-state index >= 15 is 0 Å². The topological polar surface area (TPSA) is 27.0 Å². The molecule has 0 N–H and O–H groups in total. The molecule has 27 heavy (non-hydrogen) atoms. The fourth-order valence-electron chi connectivity index (χ4n) is 3.77. The smallest absolute Gasteiger partial charge is 0.0998 e. The molecule has 0 aliphatic carbocycles. The van der Waals surface area contributed by atoms with Crippen LogP contribution >= 0.6 is 23.2 Å². The number of nitriles is 1. The number of halogens is 2. The maximum atomic E-state index is 9.63. The monoisotopic (exact) mass is 396 g/mol. The van der Waals surface area contributed by atoms with Crippen LogP contribution in [0, 0.1) is 11.3 Å². The van der Waals surface area contributed by atoms with E-state index in [4.69, 9.17) is 23.2 Å². The van der Waals surface area contributed by atoms with Crippen molar-refractivity contribution in [3.05, 3.63) is 69.2 Å². The van der Waals surface area contributed by atoms with Gasteiger partial charge in [0.2, 0.25) is 0 Å². The van der Waals surface area contributed by atoms with Gasteiger partial charge in [-0.15, -0.1) is 0 Å². The molecule has 1 heterocycles. The van der Waals surface area contributed by atoms with Crippen molar-refractivity contribution in [3.63, 3.8) is 0 Å². The van der Waals surface area contributed by atoms with E-state index in [2.05, 4.69) is 50.8 Å². The average Bonchev–Trinajstić information content (AvgIpc) is 2.61. The van der Waals surface area contributed by atoms with Gasteiger partial charge in [0.05, 0.1) is 17.2 Å². The minimum Gasteiger partial charge on any atom is -0.363 e. The van der Waals surface area contributed by atoms with E-state index in [1.807, 2.05) is 24.3 Å². The number of benzene rings is 2. The minimum absolute atomic E-state index is 0.0619. The predicted octanol–water partition coefficient (Wildman–Crippen LogP) is 7.08. The van der Waals surface area contributed by atoms with Crippen LogP contribution in [0.2, 0.25) is 10.0 Å². The van der Waals surface area contributed by atoms with Crippen molar-refractivity contribution in [2.45, 2.75) is 33.2 Å². The van der Waals surface area contributed by atoms with E-state index in [0.29, 0.717) is 15.6 Å². The molecule has 0 atom stereocenters. The summed E-state index contributed by atoms with van der Waals surface area (Å²) in [5, 5.41) is 10.9. The van der Waals surface area contributed by atoms with E-state index in [1.54, 1.807) is 12.1 Å². The second-order valence-electron chi connectivity index (χ2n) is 7.29. The minimum atomic E-state index is -0.0619. The Hall–Kier alpha value is -2.21. The summed E-state index contributed by atoms with van der Waals surface area (Å²) in [7, 11) is 0. The summed E-state index contributed by atoms with van der Waals surface area (Å²) >= 11 is 12.6. The Kier molecular flexibility index (Phi) is 5.38. The highest BCUT2D eigenvalue weighted by Gasteiger charge is 2.30. The third kappa shape index (κ3) is 3.76. The highest BCUT2D eigenvalue weighted by molar-refractivity contribution is 6.33. The number of hydrogen-bond donors (Lipinski definition) is 0. The van der Waals surface area contributed by atoms with Crippen LogP contribution in [0.4, 0.5) is 5.69 Å². The Bertz CT molecular complexity index is 977. The van der Waals surface area contributed by atoms with Crippen LogP contribution in [-0.2, 0) is 0 Å². The van der Waals surface area contributed by atoms with Crippen molar-refractivity contribution >= 4 is 46.1 Å². The molecule has 0 bridgehead atoms. The van der Waals surface area contributed by atoms with Gasteiger partial charge >= 0.3 is 0 Å². The summed E-state index contributed by atoms with van der Waals surface area (Å²) in [5.74, 6) is 0. The van der Waals surface area contributed by atoms with Crippen molar-refractivity contribution in [1.82, 2.24) is 0 Å². The number of nitrogens with zero attached hydrogens (tertiary/aromatic N) is 2. The summed E-state index contributed by atoms with van der Waals surface area (Å²) in [6, 6.07) is 13.6. The zero-order valence-electron chi connectivity index (χ0n) is 16.0. The van der Waals surface area contributed by atoms with E-state index < -0.39 is 0 Å². The molecule has 0 aromatic heterocycles. The largest absolute Gasteiger partial charge is 0.363 e. The van der Waals surface area contributed by atoms with Gasteiger partial charge in [-0.05, 0) is 74.7 Å². The van der Waals surface area contributed by atoms with Gasteiger partial charge in [-0.25, -0.2) is 0 Å². The van der Waals surface area contributed by atoms with E-state index in [1.165, 1.54) is 5.57 Å². The summed E-state index contributed by atoms with van der Waals surface area (Å²) < 4.78 is 0. The van der Waals surface area contributed by atoms with Crippen LogP contribution in [0.5, 0.6) is 0 Å². The lowest BCUT2D eigenvalue weighted by atomic mass is 9.87. The van der Waals surface area contributed by atoms with Crippen molar-refractivity contribution in [1.29, 1.82) is 5.26 Å². The molecule has 0 saturated heterocycles. The Balaban J connectivity index is 2.13. The Morgan fingerprint density at radius 3 is 2.44 bits per heavy atom. The SMILES string of the molecule is CCN1c2cc(Cl)c(/C=C(\C#N)c3ccc(Cl)cc3)cc2C(C)=CC1(C)C. The van der Waals surface area contributed by atoms with Crippen LogP contribution in [0.3, 0.4) is 0 Å². The number of hydrogen-bond acceptors (Lipinski definition) is 2. The molecule has 0 fully saturated rings. The number of rotatable bonds is 3. The zero-order chi connectivity index (χ0) is 19.8. The first-order valence-electron chi connectivity index (χ1n) is 8.95. The predicted molar refractivity (Wildman–Crippen MR) is 117 cm³/mol. The molecule has 1 aliphatic rings. The fourth-order valence-corrected chi connectivity index (χ4v) is 4.11. The molecule has 0 unspecified atom stereocenters. The summed E-state index contributed by atoms with van der Waals surface area (Å²) in [5.41, 5.74) is 5.66. The van der Waals surface area contributed by atoms with Crippen molar-refractivity contribution in [2.75, 3.05) is 11.4 Å². The summed E-state index contributed by atoms with van der Waals surface area (Å²) in [6.07, 6.45) is 4.12. The van der Waals surface area contributed by atoms with E-state index in [-0.39, 0.29) is 5.54 Å². The maximum absolute atomic E-state index is 9.63. The van der Waals surface area contributed by atoms with Crippen molar-refractivity contribution in [2.24, 2.45) is 0 Å². The van der Waals surface area contributed by atoms with Gasteiger partial charge in [-0.1, -0.05) is 41.4 Å². The number of anilines is 1. The molecule has 2 aromatic carbocycles. The molecule has 1 aliphatic heterocycles. The first-order valence-corrected chi connectivity index (χ1v) is 9.71. The summed E-state index contributed by atoms with van der Waals surface area (Å²) in [6.45, 7) is 9.58. The Morgan fingerprint density at radius 1 is 1.19 bits per heavy atom. The van der Waals surface area contributed by atoms with Crippen LogP contribution in [0.15, 0.2) is 42.5 Å². The van der Waals surface area contributed by atoms with Gasteiger partial charge in [0.25, 0.3) is 0 Å². The average molecular weight is 397 g/mol. The number of fused-ring (bicyclic) bond motifs is 1. The quantitative estimate of drug-likeness (QED) is 0.409. The lowest BCUT2D eigenvalue weighted by Crippen LogP contribution is -2.44. The highest BCUT2D eigenvalue weighted by Crippen LogP contribution is 2.41. The molecule has 0 saturated carbocycles. The molecule has 0 radical (unpaired) electrons. The number of likely N-dealkylation sites (N-methyl/N-ethyl adjacent to an activating group) is 1. The molecule has 0 spiro atoms. The van der Waals surface area contributed by atoms with Crippen LogP contribution in [0.25, 0.3) is 17.2 Å². The molecule has 0 amide bonds. The molecule has 2 nitrogen and oxygen atoms in total. The van der Waals surface area contributed by atoms with Crippen LogP contribution in [0.1, 0.15) is 44.4 Å². The Labute approximate surface area is 171 Å². The van der Waals surface area contributed by atoms with Crippen molar-refractivity contribution < 1.29 is 0 Å². The third-order valence-corrected chi connectivity index (χ3v) is 5.57. The second-order valence-corrected chi connectivity index (χ2v) is 8.14. The van der Waals surface area contributed by atoms with Gasteiger partial charge in [-0.2, -0.15) is 5.26 Å².